The van der Waals surface area contributed by atoms with E-state index in [1.807, 2.05) is 0 Å². The molecule has 1 rings (SSSR count). The molecule has 0 saturated carbocycles. The first-order valence-corrected chi connectivity index (χ1v) is 6.18. The average molecular weight is 215 g/mol. The van der Waals surface area contributed by atoms with Crippen LogP contribution in [-0.4, -0.2) is 32.0 Å². The minimum Gasteiger partial charge on any atom is -0.380 e. The van der Waals surface area contributed by atoms with Crippen LogP contribution in [0.3, 0.4) is 0 Å². The summed E-state index contributed by atoms with van der Waals surface area (Å²) in [6, 6.07) is 0.166. The van der Waals surface area contributed by atoms with Gasteiger partial charge in [0.05, 0.1) is 12.2 Å². The Hall–Kier alpha value is -0.120. The summed E-state index contributed by atoms with van der Waals surface area (Å²) in [5.74, 6) is 0. The Morgan fingerprint density at radius 2 is 2.27 bits per heavy atom. The third-order valence-corrected chi connectivity index (χ3v) is 3.20. The fourth-order valence-electron chi connectivity index (χ4n) is 2.23. The molecule has 0 amide bonds. The highest BCUT2D eigenvalue weighted by atomic mass is 16.5. The quantitative estimate of drug-likeness (QED) is 0.707. The van der Waals surface area contributed by atoms with E-state index in [-0.39, 0.29) is 12.1 Å². The lowest BCUT2D eigenvalue weighted by molar-refractivity contribution is 0.0578. The molecule has 1 heterocycles. The van der Waals surface area contributed by atoms with Crippen molar-refractivity contribution in [2.45, 2.75) is 63.7 Å². The molecule has 0 aromatic heterocycles. The second kappa shape index (κ2) is 7.20. The smallest absolute Gasteiger partial charge is 0.0722 e. The molecule has 1 fully saturated rings. The zero-order chi connectivity index (χ0) is 11.1. The van der Waals surface area contributed by atoms with Gasteiger partial charge in [-0.3, -0.25) is 0 Å². The molecular weight excluding hydrogens is 190 g/mol. The second-order valence-corrected chi connectivity index (χ2v) is 4.44. The van der Waals surface area contributed by atoms with E-state index in [1.54, 1.807) is 7.11 Å². The Kier molecular flexibility index (Phi) is 6.22. The molecule has 1 aliphatic rings. The first kappa shape index (κ1) is 12.9. The van der Waals surface area contributed by atoms with Gasteiger partial charge in [0.2, 0.25) is 0 Å². The number of hydrogen-bond donors (Lipinski definition) is 1. The molecule has 1 saturated heterocycles. The van der Waals surface area contributed by atoms with Gasteiger partial charge in [-0.15, -0.1) is 0 Å². The summed E-state index contributed by atoms with van der Waals surface area (Å²) in [7, 11) is 1.76. The minimum absolute atomic E-state index is 0.166. The van der Waals surface area contributed by atoms with Crippen LogP contribution in [0.4, 0.5) is 0 Å². The maximum absolute atomic E-state index is 6.11. The topological polar surface area (TPSA) is 44.5 Å². The van der Waals surface area contributed by atoms with Gasteiger partial charge in [0.25, 0.3) is 0 Å². The first-order valence-electron chi connectivity index (χ1n) is 6.18. The Balaban J connectivity index is 2.17. The standard InChI is InChI=1S/C12H25NO2/c1-3-5-12(14-2)11(13)8-7-10-6-4-9-15-10/h10-12H,3-9,13H2,1-2H3. The minimum atomic E-state index is 0.166. The van der Waals surface area contributed by atoms with Crippen LogP contribution in [0.1, 0.15) is 45.4 Å². The van der Waals surface area contributed by atoms with E-state index < -0.39 is 0 Å². The largest absolute Gasteiger partial charge is 0.380 e. The molecule has 3 unspecified atom stereocenters. The fourth-order valence-corrected chi connectivity index (χ4v) is 2.23. The molecule has 3 atom stereocenters. The number of ether oxygens (including phenoxy) is 2. The Morgan fingerprint density at radius 3 is 2.80 bits per heavy atom. The van der Waals surface area contributed by atoms with E-state index in [9.17, 15) is 0 Å². The molecule has 2 N–H and O–H groups in total. The van der Waals surface area contributed by atoms with Crippen LogP contribution >= 0.6 is 0 Å². The van der Waals surface area contributed by atoms with E-state index in [0.717, 1.165) is 32.3 Å². The van der Waals surface area contributed by atoms with Crippen LogP contribution in [0.5, 0.6) is 0 Å². The van der Waals surface area contributed by atoms with Crippen LogP contribution in [0.2, 0.25) is 0 Å². The maximum Gasteiger partial charge on any atom is 0.0722 e. The Morgan fingerprint density at radius 1 is 1.47 bits per heavy atom. The summed E-state index contributed by atoms with van der Waals surface area (Å²) < 4.78 is 11.0. The number of nitrogens with two attached hydrogens (primary N) is 1. The lowest BCUT2D eigenvalue weighted by Gasteiger charge is -2.23. The van der Waals surface area contributed by atoms with Crippen molar-refractivity contribution in [1.29, 1.82) is 0 Å². The van der Waals surface area contributed by atoms with Crippen molar-refractivity contribution in [3.05, 3.63) is 0 Å². The van der Waals surface area contributed by atoms with Crippen molar-refractivity contribution in [2.24, 2.45) is 5.73 Å². The molecule has 1 aliphatic heterocycles. The summed E-state index contributed by atoms with van der Waals surface area (Å²) in [5.41, 5.74) is 6.11. The van der Waals surface area contributed by atoms with Crippen molar-refractivity contribution < 1.29 is 9.47 Å². The molecule has 0 aliphatic carbocycles. The van der Waals surface area contributed by atoms with Gasteiger partial charge >= 0.3 is 0 Å². The van der Waals surface area contributed by atoms with Gasteiger partial charge in [-0.2, -0.15) is 0 Å². The van der Waals surface area contributed by atoms with E-state index in [2.05, 4.69) is 6.92 Å². The van der Waals surface area contributed by atoms with Gasteiger partial charge in [-0.25, -0.2) is 0 Å². The monoisotopic (exact) mass is 215 g/mol. The van der Waals surface area contributed by atoms with Gasteiger partial charge in [-0.1, -0.05) is 13.3 Å². The van der Waals surface area contributed by atoms with Crippen LogP contribution in [0.25, 0.3) is 0 Å². The molecular formula is C12H25NO2. The van der Waals surface area contributed by atoms with Crippen molar-refractivity contribution >= 4 is 0 Å². The number of hydrogen-bond acceptors (Lipinski definition) is 3. The predicted octanol–water partition coefficient (Wildman–Crippen LogP) is 2.09. The van der Waals surface area contributed by atoms with E-state index >= 15 is 0 Å². The normalized spacial score (nSPS) is 25.4. The third-order valence-electron chi connectivity index (χ3n) is 3.20. The second-order valence-electron chi connectivity index (χ2n) is 4.44. The molecule has 90 valence electrons. The van der Waals surface area contributed by atoms with Crippen molar-refractivity contribution in [1.82, 2.24) is 0 Å². The molecule has 0 radical (unpaired) electrons. The van der Waals surface area contributed by atoms with Crippen LogP contribution in [0.15, 0.2) is 0 Å². The van der Waals surface area contributed by atoms with E-state index in [4.69, 9.17) is 15.2 Å². The predicted molar refractivity (Wildman–Crippen MR) is 61.9 cm³/mol. The maximum atomic E-state index is 6.11. The lowest BCUT2D eigenvalue weighted by Crippen LogP contribution is -2.36. The van der Waals surface area contributed by atoms with Gasteiger partial charge in [0.15, 0.2) is 0 Å². The van der Waals surface area contributed by atoms with Crippen molar-refractivity contribution in [2.75, 3.05) is 13.7 Å². The molecule has 15 heavy (non-hydrogen) atoms. The zero-order valence-corrected chi connectivity index (χ0v) is 10.1. The fraction of sp³-hybridized carbons (Fsp3) is 1.00. The molecule has 3 heteroatoms. The molecule has 0 aromatic rings. The SMILES string of the molecule is CCCC(OC)C(N)CCC1CCCO1. The van der Waals surface area contributed by atoms with Gasteiger partial charge in [0.1, 0.15) is 0 Å². The van der Waals surface area contributed by atoms with Crippen LogP contribution < -0.4 is 5.73 Å². The molecule has 0 aromatic carbocycles. The van der Waals surface area contributed by atoms with Crippen LogP contribution in [0, 0.1) is 0 Å². The molecule has 0 spiro atoms. The average Bonchev–Trinajstić information content (AvgIpc) is 2.75. The molecule has 0 bridgehead atoms. The summed E-state index contributed by atoms with van der Waals surface area (Å²) in [5, 5.41) is 0. The Labute approximate surface area is 93.3 Å². The zero-order valence-electron chi connectivity index (χ0n) is 10.1. The van der Waals surface area contributed by atoms with Gasteiger partial charge in [-0.05, 0) is 32.1 Å². The lowest BCUT2D eigenvalue weighted by atomic mass is 9.99. The highest BCUT2D eigenvalue weighted by molar-refractivity contribution is 4.76. The van der Waals surface area contributed by atoms with Crippen molar-refractivity contribution in [3.8, 4) is 0 Å². The van der Waals surface area contributed by atoms with E-state index in [0.29, 0.717) is 6.10 Å². The number of rotatable bonds is 7. The third kappa shape index (κ3) is 4.49. The highest BCUT2D eigenvalue weighted by Crippen LogP contribution is 2.19. The first-order chi connectivity index (χ1) is 7.27. The van der Waals surface area contributed by atoms with Gasteiger partial charge < -0.3 is 15.2 Å². The summed E-state index contributed by atoms with van der Waals surface area (Å²) in [6.45, 7) is 3.10. The van der Waals surface area contributed by atoms with E-state index in [1.165, 1.54) is 12.8 Å². The van der Waals surface area contributed by atoms with Crippen molar-refractivity contribution in [3.63, 3.8) is 0 Å². The number of methoxy groups -OCH3 is 1. The Bertz CT molecular complexity index is 158. The molecule has 3 nitrogen and oxygen atoms in total. The summed E-state index contributed by atoms with van der Waals surface area (Å²) in [6.07, 6.45) is 7.39. The van der Waals surface area contributed by atoms with Crippen LogP contribution in [-0.2, 0) is 9.47 Å². The highest BCUT2D eigenvalue weighted by Gasteiger charge is 2.20. The van der Waals surface area contributed by atoms with Gasteiger partial charge in [0, 0.05) is 19.8 Å². The summed E-state index contributed by atoms with van der Waals surface area (Å²) >= 11 is 0. The summed E-state index contributed by atoms with van der Waals surface area (Å²) in [4.78, 5) is 0.